The Kier molecular flexibility index (Phi) is 7.33. The van der Waals surface area contributed by atoms with Gasteiger partial charge in [0.25, 0.3) is 0 Å². The summed E-state index contributed by atoms with van der Waals surface area (Å²) in [6.07, 6.45) is 1.38. The van der Waals surface area contributed by atoms with Gasteiger partial charge in [-0.2, -0.15) is 0 Å². The summed E-state index contributed by atoms with van der Waals surface area (Å²) < 4.78 is 25.9. The lowest BCUT2D eigenvalue weighted by Gasteiger charge is -2.29. The van der Waals surface area contributed by atoms with Gasteiger partial charge in [-0.05, 0) is 29.7 Å². The number of benzene rings is 3. The zero-order chi connectivity index (χ0) is 21.4. The molecule has 0 saturated heterocycles. The Morgan fingerprint density at radius 2 is 1.33 bits per heavy atom. The van der Waals surface area contributed by atoms with Gasteiger partial charge in [0, 0.05) is 13.1 Å². The molecule has 0 N–H and O–H groups in total. The summed E-state index contributed by atoms with van der Waals surface area (Å²) in [4.78, 5) is 14.2. The van der Waals surface area contributed by atoms with Crippen LogP contribution in [0.3, 0.4) is 0 Å². The SMILES string of the molecule is C=C(CN(Cc1ccccc1)[C@@H](C=O)Cc1ccccc1)S(=O)(=O)c1ccccc1. The lowest BCUT2D eigenvalue weighted by molar-refractivity contribution is -0.112. The molecule has 154 valence electrons. The number of carbonyl (C=O) groups is 1. The van der Waals surface area contributed by atoms with E-state index in [2.05, 4.69) is 6.58 Å². The van der Waals surface area contributed by atoms with Gasteiger partial charge < -0.3 is 4.79 Å². The first-order valence-electron chi connectivity index (χ1n) is 9.76. The Hall–Kier alpha value is -3.02. The molecule has 4 nitrogen and oxygen atoms in total. The minimum atomic E-state index is -3.69. The summed E-state index contributed by atoms with van der Waals surface area (Å²) in [5.41, 5.74) is 2.02. The normalized spacial score (nSPS) is 12.4. The van der Waals surface area contributed by atoms with E-state index in [9.17, 15) is 13.2 Å². The van der Waals surface area contributed by atoms with Crippen molar-refractivity contribution < 1.29 is 13.2 Å². The number of rotatable bonds is 10. The van der Waals surface area contributed by atoms with Crippen LogP contribution in [0.1, 0.15) is 11.1 Å². The number of hydrogen-bond donors (Lipinski definition) is 0. The lowest BCUT2D eigenvalue weighted by atomic mass is 10.0. The van der Waals surface area contributed by atoms with Crippen LogP contribution in [0.15, 0.2) is 107 Å². The average molecular weight is 420 g/mol. The number of hydrogen-bond acceptors (Lipinski definition) is 4. The van der Waals surface area contributed by atoms with Crippen molar-refractivity contribution in [2.45, 2.75) is 23.9 Å². The van der Waals surface area contributed by atoms with E-state index >= 15 is 0 Å². The fraction of sp³-hybridized carbons (Fsp3) is 0.160. The van der Waals surface area contributed by atoms with Crippen LogP contribution in [0.2, 0.25) is 0 Å². The van der Waals surface area contributed by atoms with Gasteiger partial charge in [0.15, 0.2) is 0 Å². The van der Waals surface area contributed by atoms with E-state index in [1.807, 2.05) is 65.6 Å². The van der Waals surface area contributed by atoms with Crippen molar-refractivity contribution >= 4 is 16.1 Å². The van der Waals surface area contributed by atoms with E-state index in [4.69, 9.17) is 0 Å². The molecule has 0 heterocycles. The van der Waals surface area contributed by atoms with Crippen LogP contribution in [0.5, 0.6) is 0 Å². The molecule has 1 atom stereocenters. The second kappa shape index (κ2) is 10.1. The summed E-state index contributed by atoms with van der Waals surface area (Å²) in [7, 11) is -3.69. The third-order valence-corrected chi connectivity index (χ3v) is 6.74. The van der Waals surface area contributed by atoms with Crippen LogP contribution < -0.4 is 0 Å². The fourth-order valence-corrected chi connectivity index (χ4v) is 4.49. The van der Waals surface area contributed by atoms with Gasteiger partial charge in [-0.25, -0.2) is 8.42 Å². The Labute approximate surface area is 178 Å². The minimum absolute atomic E-state index is 0.0718. The minimum Gasteiger partial charge on any atom is -0.302 e. The first-order chi connectivity index (χ1) is 14.5. The van der Waals surface area contributed by atoms with Gasteiger partial charge in [-0.1, -0.05) is 85.4 Å². The summed E-state index contributed by atoms with van der Waals surface area (Å²) in [5, 5.41) is 0. The molecule has 0 aliphatic rings. The van der Waals surface area contributed by atoms with Crippen molar-refractivity contribution in [2.75, 3.05) is 6.54 Å². The molecular weight excluding hydrogens is 394 g/mol. The molecule has 0 saturated carbocycles. The van der Waals surface area contributed by atoms with Gasteiger partial charge in [-0.15, -0.1) is 0 Å². The highest BCUT2D eigenvalue weighted by Crippen LogP contribution is 2.21. The molecule has 0 spiro atoms. The van der Waals surface area contributed by atoms with E-state index < -0.39 is 15.9 Å². The summed E-state index contributed by atoms with van der Waals surface area (Å²) in [5.74, 6) is 0. The first-order valence-corrected chi connectivity index (χ1v) is 11.2. The second-order valence-electron chi connectivity index (χ2n) is 7.14. The van der Waals surface area contributed by atoms with Crippen LogP contribution in [-0.2, 0) is 27.6 Å². The Balaban J connectivity index is 1.86. The van der Waals surface area contributed by atoms with Crippen molar-refractivity contribution in [1.82, 2.24) is 4.90 Å². The fourth-order valence-electron chi connectivity index (χ4n) is 3.31. The molecule has 0 fully saturated rings. The molecule has 0 aromatic heterocycles. The highest BCUT2D eigenvalue weighted by Gasteiger charge is 2.25. The molecule has 0 aliphatic heterocycles. The van der Waals surface area contributed by atoms with E-state index in [1.54, 1.807) is 30.3 Å². The van der Waals surface area contributed by atoms with Gasteiger partial charge >= 0.3 is 0 Å². The van der Waals surface area contributed by atoms with Gasteiger partial charge in [0.1, 0.15) is 6.29 Å². The van der Waals surface area contributed by atoms with Crippen molar-refractivity contribution in [1.29, 1.82) is 0 Å². The monoisotopic (exact) mass is 419 g/mol. The maximum atomic E-state index is 13.0. The van der Waals surface area contributed by atoms with Crippen molar-refractivity contribution in [3.05, 3.63) is 114 Å². The lowest BCUT2D eigenvalue weighted by Crippen LogP contribution is -2.39. The van der Waals surface area contributed by atoms with E-state index in [1.165, 1.54) is 0 Å². The predicted octanol–water partition coefficient (Wildman–Crippen LogP) is 4.29. The molecule has 3 aromatic rings. The molecule has 0 unspecified atom stereocenters. The molecule has 30 heavy (non-hydrogen) atoms. The number of carbonyl (C=O) groups excluding carboxylic acids is 1. The molecule has 3 rings (SSSR count). The summed E-state index contributed by atoms with van der Waals surface area (Å²) in [6, 6.07) is 27.2. The van der Waals surface area contributed by atoms with Gasteiger partial charge in [0.05, 0.1) is 15.8 Å². The van der Waals surface area contributed by atoms with Crippen molar-refractivity contribution in [3.63, 3.8) is 0 Å². The van der Waals surface area contributed by atoms with Crippen molar-refractivity contribution in [2.24, 2.45) is 0 Å². The zero-order valence-electron chi connectivity index (χ0n) is 16.7. The highest BCUT2D eigenvalue weighted by molar-refractivity contribution is 7.95. The third-order valence-electron chi connectivity index (χ3n) is 4.96. The largest absolute Gasteiger partial charge is 0.302 e. The van der Waals surface area contributed by atoms with Crippen LogP contribution in [0.25, 0.3) is 0 Å². The van der Waals surface area contributed by atoms with Crippen LogP contribution in [0.4, 0.5) is 0 Å². The Morgan fingerprint density at radius 1 is 0.833 bits per heavy atom. The number of nitrogens with zero attached hydrogens (tertiary/aromatic N) is 1. The molecule has 0 aliphatic carbocycles. The third kappa shape index (κ3) is 5.53. The number of sulfone groups is 1. The van der Waals surface area contributed by atoms with Gasteiger partial charge in [-0.3, -0.25) is 4.90 Å². The first kappa shape index (κ1) is 21.7. The molecule has 0 radical (unpaired) electrons. The molecular formula is C25H25NO3S. The topological polar surface area (TPSA) is 54.5 Å². The predicted molar refractivity (Wildman–Crippen MR) is 120 cm³/mol. The van der Waals surface area contributed by atoms with Crippen molar-refractivity contribution in [3.8, 4) is 0 Å². The zero-order valence-corrected chi connectivity index (χ0v) is 17.5. The van der Waals surface area contributed by atoms with E-state index in [0.717, 1.165) is 17.4 Å². The van der Waals surface area contributed by atoms with E-state index in [0.29, 0.717) is 13.0 Å². The van der Waals surface area contributed by atoms with Crippen LogP contribution in [-0.4, -0.2) is 32.2 Å². The maximum absolute atomic E-state index is 13.0. The smallest absolute Gasteiger partial charge is 0.203 e. The number of aldehydes is 1. The summed E-state index contributed by atoms with van der Waals surface area (Å²) in [6.45, 7) is 4.38. The average Bonchev–Trinajstić information content (AvgIpc) is 2.79. The Bertz CT molecular complexity index is 1070. The molecule has 0 amide bonds. The van der Waals surface area contributed by atoms with Crippen LogP contribution >= 0.6 is 0 Å². The quantitative estimate of drug-likeness (QED) is 0.460. The molecule has 0 bridgehead atoms. The molecule has 5 heteroatoms. The van der Waals surface area contributed by atoms with Gasteiger partial charge in [0.2, 0.25) is 9.84 Å². The van der Waals surface area contributed by atoms with Crippen LogP contribution in [0, 0.1) is 0 Å². The maximum Gasteiger partial charge on any atom is 0.203 e. The molecule has 3 aromatic carbocycles. The Morgan fingerprint density at radius 3 is 1.87 bits per heavy atom. The standard InChI is InChI=1S/C25H25NO3S/c1-21(30(28,29)25-15-9-4-10-16-25)18-26(19-23-13-7-3-8-14-23)24(20-27)17-22-11-5-2-6-12-22/h2-16,20,24H,1,17-19H2/t24-/m1/s1. The second-order valence-corrected chi connectivity index (χ2v) is 9.19. The highest BCUT2D eigenvalue weighted by atomic mass is 32.2. The summed E-state index contributed by atoms with van der Waals surface area (Å²) >= 11 is 0. The van der Waals surface area contributed by atoms with E-state index in [-0.39, 0.29) is 16.3 Å².